The first kappa shape index (κ1) is 10.3. The number of aromatic amines is 1. The van der Waals surface area contributed by atoms with E-state index in [9.17, 15) is 4.79 Å². The molecule has 16 heavy (non-hydrogen) atoms. The van der Waals surface area contributed by atoms with Gasteiger partial charge in [0, 0.05) is 18.8 Å². The van der Waals surface area contributed by atoms with Gasteiger partial charge in [0.1, 0.15) is 0 Å². The zero-order valence-corrected chi connectivity index (χ0v) is 8.63. The molecule has 0 saturated carbocycles. The predicted octanol–water partition coefficient (Wildman–Crippen LogP) is -0.292. The maximum Gasteiger partial charge on any atom is 0.222 e. The fourth-order valence-electron chi connectivity index (χ4n) is 1.23. The third-order valence-electron chi connectivity index (χ3n) is 2.07. The van der Waals surface area contributed by atoms with Crippen LogP contribution in [0.15, 0.2) is 24.9 Å². The normalized spacial score (nSPS) is 10.2. The third-order valence-corrected chi connectivity index (χ3v) is 2.07. The summed E-state index contributed by atoms with van der Waals surface area (Å²) in [5.74, 6) is -0.0231. The summed E-state index contributed by atoms with van der Waals surface area (Å²) in [5, 5.41) is 10.2. The quantitative estimate of drug-likeness (QED) is 0.724. The van der Waals surface area contributed by atoms with E-state index in [1.54, 1.807) is 29.6 Å². The van der Waals surface area contributed by atoms with Gasteiger partial charge in [-0.2, -0.15) is 0 Å². The van der Waals surface area contributed by atoms with Gasteiger partial charge < -0.3 is 10.3 Å². The van der Waals surface area contributed by atoms with Gasteiger partial charge in [-0.1, -0.05) is 5.21 Å². The Morgan fingerprint density at radius 3 is 3.19 bits per heavy atom. The van der Waals surface area contributed by atoms with Gasteiger partial charge >= 0.3 is 0 Å². The lowest BCUT2D eigenvalue weighted by Crippen LogP contribution is -2.24. The van der Waals surface area contributed by atoms with Crippen molar-refractivity contribution >= 4 is 5.91 Å². The third kappa shape index (κ3) is 2.91. The summed E-state index contributed by atoms with van der Waals surface area (Å²) in [6.45, 7) is 1.00. The molecule has 0 unspecified atom stereocenters. The van der Waals surface area contributed by atoms with Crippen molar-refractivity contribution in [2.24, 2.45) is 0 Å². The Labute approximate surface area is 91.9 Å². The van der Waals surface area contributed by atoms with E-state index in [2.05, 4.69) is 25.6 Å². The number of rotatable bonds is 5. The highest BCUT2D eigenvalue weighted by Gasteiger charge is 2.02. The SMILES string of the molecule is O=C(CCn1ccnn1)NCc1cnc[nH]1. The molecule has 0 atom stereocenters. The van der Waals surface area contributed by atoms with E-state index in [1.165, 1.54) is 0 Å². The molecule has 0 aliphatic rings. The van der Waals surface area contributed by atoms with Crippen molar-refractivity contribution in [3.05, 3.63) is 30.6 Å². The van der Waals surface area contributed by atoms with E-state index in [0.29, 0.717) is 19.5 Å². The molecule has 2 aromatic heterocycles. The Bertz CT molecular complexity index is 381. The van der Waals surface area contributed by atoms with Crippen LogP contribution < -0.4 is 5.32 Å². The molecule has 2 N–H and O–H groups in total. The highest BCUT2D eigenvalue weighted by Crippen LogP contribution is 1.91. The maximum absolute atomic E-state index is 11.4. The zero-order chi connectivity index (χ0) is 11.2. The monoisotopic (exact) mass is 220 g/mol. The van der Waals surface area contributed by atoms with Crippen LogP contribution in [0.4, 0.5) is 0 Å². The minimum Gasteiger partial charge on any atom is -0.350 e. The van der Waals surface area contributed by atoms with E-state index in [-0.39, 0.29) is 5.91 Å². The second kappa shape index (κ2) is 5.06. The number of imidazole rings is 1. The fraction of sp³-hybridized carbons (Fsp3) is 0.333. The number of aryl methyl sites for hydroxylation is 1. The molecule has 84 valence electrons. The van der Waals surface area contributed by atoms with Crippen molar-refractivity contribution in [1.82, 2.24) is 30.3 Å². The average Bonchev–Trinajstić information content (AvgIpc) is 2.96. The molecule has 0 aliphatic carbocycles. The minimum absolute atomic E-state index is 0.0231. The first-order valence-electron chi connectivity index (χ1n) is 4.92. The summed E-state index contributed by atoms with van der Waals surface area (Å²) in [6, 6.07) is 0. The van der Waals surface area contributed by atoms with Crippen LogP contribution in [0.3, 0.4) is 0 Å². The summed E-state index contributed by atoms with van der Waals surface area (Å²) in [7, 11) is 0. The number of hydrogen-bond donors (Lipinski definition) is 2. The molecule has 0 spiro atoms. The van der Waals surface area contributed by atoms with E-state index < -0.39 is 0 Å². The Morgan fingerprint density at radius 1 is 1.56 bits per heavy atom. The summed E-state index contributed by atoms with van der Waals surface area (Å²) < 4.78 is 1.62. The number of carbonyl (C=O) groups is 1. The molecule has 0 radical (unpaired) electrons. The number of H-pyrrole nitrogens is 1. The Hall–Kier alpha value is -2.18. The highest BCUT2D eigenvalue weighted by molar-refractivity contribution is 5.75. The lowest BCUT2D eigenvalue weighted by Gasteiger charge is -2.03. The Morgan fingerprint density at radius 2 is 2.50 bits per heavy atom. The van der Waals surface area contributed by atoms with Gasteiger partial charge in [-0.25, -0.2) is 4.98 Å². The fourth-order valence-corrected chi connectivity index (χ4v) is 1.23. The van der Waals surface area contributed by atoms with Gasteiger partial charge in [0.25, 0.3) is 0 Å². The van der Waals surface area contributed by atoms with Gasteiger partial charge in [0.2, 0.25) is 5.91 Å². The smallest absolute Gasteiger partial charge is 0.222 e. The van der Waals surface area contributed by atoms with Gasteiger partial charge in [-0.3, -0.25) is 9.48 Å². The van der Waals surface area contributed by atoms with E-state index in [4.69, 9.17) is 0 Å². The first-order valence-corrected chi connectivity index (χ1v) is 4.92. The summed E-state index contributed by atoms with van der Waals surface area (Å²) in [4.78, 5) is 18.2. The molecule has 0 aliphatic heterocycles. The maximum atomic E-state index is 11.4. The van der Waals surface area contributed by atoms with Crippen LogP contribution in [0.1, 0.15) is 12.1 Å². The predicted molar refractivity (Wildman–Crippen MR) is 55.1 cm³/mol. The standard InChI is InChI=1S/C9H12N6O/c16-9(1-3-15-4-2-13-14-15)11-6-8-5-10-7-12-8/h2,4-5,7H,1,3,6H2,(H,10,12)(H,11,16). The van der Waals surface area contributed by atoms with Gasteiger partial charge in [-0.05, 0) is 0 Å². The Kier molecular flexibility index (Phi) is 3.27. The van der Waals surface area contributed by atoms with Crippen molar-refractivity contribution in [3.63, 3.8) is 0 Å². The van der Waals surface area contributed by atoms with Crippen molar-refractivity contribution in [3.8, 4) is 0 Å². The number of amides is 1. The summed E-state index contributed by atoms with van der Waals surface area (Å²) in [6.07, 6.45) is 6.96. The molecular formula is C9H12N6O. The molecule has 1 amide bonds. The molecule has 0 bridgehead atoms. The largest absolute Gasteiger partial charge is 0.350 e. The highest BCUT2D eigenvalue weighted by atomic mass is 16.1. The van der Waals surface area contributed by atoms with Crippen LogP contribution in [0.5, 0.6) is 0 Å². The lowest BCUT2D eigenvalue weighted by molar-refractivity contribution is -0.121. The van der Waals surface area contributed by atoms with Crippen LogP contribution in [-0.2, 0) is 17.9 Å². The van der Waals surface area contributed by atoms with E-state index in [0.717, 1.165) is 5.69 Å². The molecule has 7 nitrogen and oxygen atoms in total. The number of nitrogens with zero attached hydrogens (tertiary/aromatic N) is 4. The molecule has 2 aromatic rings. The number of aromatic nitrogens is 5. The van der Waals surface area contributed by atoms with Crippen LogP contribution in [0.2, 0.25) is 0 Å². The number of nitrogens with one attached hydrogen (secondary N) is 2. The molecule has 0 aromatic carbocycles. The van der Waals surface area contributed by atoms with Crippen LogP contribution in [0, 0.1) is 0 Å². The minimum atomic E-state index is -0.0231. The van der Waals surface area contributed by atoms with Crippen molar-refractivity contribution < 1.29 is 4.79 Å². The molecular weight excluding hydrogens is 208 g/mol. The number of carbonyl (C=O) groups excluding carboxylic acids is 1. The molecule has 2 rings (SSSR count). The molecule has 7 heteroatoms. The second-order valence-corrected chi connectivity index (χ2v) is 3.27. The van der Waals surface area contributed by atoms with Crippen LogP contribution >= 0.6 is 0 Å². The molecule has 0 fully saturated rings. The summed E-state index contributed by atoms with van der Waals surface area (Å²) >= 11 is 0. The molecule has 0 saturated heterocycles. The Balaban J connectivity index is 1.69. The van der Waals surface area contributed by atoms with Crippen molar-refractivity contribution in [1.29, 1.82) is 0 Å². The van der Waals surface area contributed by atoms with Crippen LogP contribution in [-0.4, -0.2) is 30.9 Å². The summed E-state index contributed by atoms with van der Waals surface area (Å²) in [5.41, 5.74) is 0.883. The van der Waals surface area contributed by atoms with Crippen LogP contribution in [0.25, 0.3) is 0 Å². The van der Waals surface area contributed by atoms with E-state index in [1.807, 2.05) is 0 Å². The van der Waals surface area contributed by atoms with Gasteiger partial charge in [-0.15, -0.1) is 5.10 Å². The molecule has 2 heterocycles. The second-order valence-electron chi connectivity index (χ2n) is 3.27. The van der Waals surface area contributed by atoms with Gasteiger partial charge in [0.15, 0.2) is 0 Å². The van der Waals surface area contributed by atoms with Gasteiger partial charge in [0.05, 0.1) is 31.3 Å². The van der Waals surface area contributed by atoms with Crippen molar-refractivity contribution in [2.45, 2.75) is 19.5 Å². The van der Waals surface area contributed by atoms with E-state index >= 15 is 0 Å². The first-order chi connectivity index (χ1) is 7.84. The zero-order valence-electron chi connectivity index (χ0n) is 8.63. The lowest BCUT2D eigenvalue weighted by atomic mass is 10.4. The van der Waals surface area contributed by atoms with Crippen molar-refractivity contribution in [2.75, 3.05) is 0 Å². The number of hydrogen-bond acceptors (Lipinski definition) is 4. The average molecular weight is 220 g/mol. The topological polar surface area (TPSA) is 88.5 Å².